The molecular formula is C24H18N2O3S. The minimum atomic E-state index is -0.0397. The van der Waals surface area contributed by atoms with Crippen molar-refractivity contribution in [2.75, 3.05) is 13.2 Å². The van der Waals surface area contributed by atoms with E-state index in [9.17, 15) is 4.79 Å². The summed E-state index contributed by atoms with van der Waals surface area (Å²) in [5.74, 6) is 1.59. The van der Waals surface area contributed by atoms with Crippen LogP contribution >= 0.6 is 11.3 Å². The fourth-order valence-corrected chi connectivity index (χ4v) is 4.25. The summed E-state index contributed by atoms with van der Waals surface area (Å²) in [6.07, 6.45) is 1.89. The van der Waals surface area contributed by atoms with Crippen molar-refractivity contribution in [3.8, 4) is 11.5 Å². The minimum absolute atomic E-state index is 0.0397. The fraction of sp³-hybridized carbons (Fsp3) is 0.0833. The number of benzene rings is 3. The van der Waals surface area contributed by atoms with Gasteiger partial charge in [0.25, 0.3) is 5.56 Å². The number of nitrogens with zero attached hydrogens (tertiary/aromatic N) is 2. The molecule has 5 nitrogen and oxygen atoms in total. The van der Waals surface area contributed by atoms with Gasteiger partial charge in [-0.1, -0.05) is 53.8 Å². The molecule has 0 saturated heterocycles. The molecular weight excluding hydrogens is 396 g/mol. The van der Waals surface area contributed by atoms with Crippen LogP contribution in [0.3, 0.4) is 0 Å². The predicted octanol–water partition coefficient (Wildman–Crippen LogP) is 3.91. The van der Waals surface area contributed by atoms with Crippen LogP contribution in [0.1, 0.15) is 5.56 Å². The Kier molecular flexibility index (Phi) is 4.91. The van der Waals surface area contributed by atoms with Gasteiger partial charge < -0.3 is 9.47 Å². The van der Waals surface area contributed by atoms with Gasteiger partial charge in [-0.05, 0) is 48.0 Å². The summed E-state index contributed by atoms with van der Waals surface area (Å²) in [6, 6.07) is 25.0. The zero-order chi connectivity index (χ0) is 20.3. The van der Waals surface area contributed by atoms with E-state index in [1.807, 2.05) is 84.9 Å². The third-order valence-electron chi connectivity index (χ3n) is 4.69. The van der Waals surface area contributed by atoms with E-state index in [4.69, 9.17) is 9.47 Å². The van der Waals surface area contributed by atoms with E-state index >= 15 is 0 Å². The molecule has 0 aliphatic rings. The molecule has 0 aliphatic carbocycles. The molecule has 3 aromatic carbocycles. The standard InChI is InChI=1S/C24H18N2O3S/c27-23-22(30-24-25-20-8-4-5-9-21(20)26(23)24)16-17-10-12-19(13-11-17)29-15-14-28-18-6-2-1-3-7-18/h1-13,16H,14-15H2/b22-16-. The monoisotopic (exact) mass is 414 g/mol. The highest BCUT2D eigenvalue weighted by atomic mass is 32.1. The Hall–Kier alpha value is -3.64. The van der Waals surface area contributed by atoms with Gasteiger partial charge in [0.2, 0.25) is 0 Å². The Morgan fingerprint density at radius 2 is 1.50 bits per heavy atom. The lowest BCUT2D eigenvalue weighted by Crippen LogP contribution is -2.22. The van der Waals surface area contributed by atoms with Crippen LogP contribution in [0.15, 0.2) is 83.7 Å². The summed E-state index contributed by atoms with van der Waals surface area (Å²) in [7, 11) is 0. The maximum Gasteiger partial charge on any atom is 0.274 e. The van der Waals surface area contributed by atoms with Gasteiger partial charge in [-0.3, -0.25) is 4.79 Å². The van der Waals surface area contributed by atoms with E-state index < -0.39 is 0 Å². The van der Waals surface area contributed by atoms with E-state index in [2.05, 4.69) is 4.98 Å². The van der Waals surface area contributed by atoms with Gasteiger partial charge in [-0.25, -0.2) is 9.38 Å². The molecule has 0 aliphatic heterocycles. The second kappa shape index (κ2) is 8.00. The van der Waals surface area contributed by atoms with Crippen LogP contribution in [0.25, 0.3) is 22.1 Å². The van der Waals surface area contributed by atoms with Gasteiger partial charge in [-0.2, -0.15) is 0 Å². The highest BCUT2D eigenvalue weighted by molar-refractivity contribution is 7.15. The molecule has 0 fully saturated rings. The van der Waals surface area contributed by atoms with Crippen molar-refractivity contribution in [2.24, 2.45) is 0 Å². The molecule has 0 atom stereocenters. The fourth-order valence-electron chi connectivity index (χ4n) is 3.26. The van der Waals surface area contributed by atoms with Crippen LogP contribution in [-0.4, -0.2) is 22.6 Å². The maximum atomic E-state index is 12.8. The summed E-state index contributed by atoms with van der Waals surface area (Å²) in [4.78, 5) is 18.1. The lowest BCUT2D eigenvalue weighted by molar-refractivity contribution is 0.217. The first-order valence-corrected chi connectivity index (χ1v) is 10.4. The van der Waals surface area contributed by atoms with Crippen molar-refractivity contribution in [3.63, 3.8) is 0 Å². The van der Waals surface area contributed by atoms with E-state index in [0.29, 0.717) is 22.7 Å². The Balaban J connectivity index is 1.29. The zero-order valence-electron chi connectivity index (χ0n) is 16.0. The van der Waals surface area contributed by atoms with Crippen molar-refractivity contribution in [2.45, 2.75) is 0 Å². The quantitative estimate of drug-likeness (QED) is 0.395. The van der Waals surface area contributed by atoms with Gasteiger partial charge in [0.1, 0.15) is 24.7 Å². The smallest absolute Gasteiger partial charge is 0.274 e. The number of hydrogen-bond donors (Lipinski definition) is 0. The Labute approximate surface area is 176 Å². The first-order valence-electron chi connectivity index (χ1n) is 9.60. The molecule has 0 unspecified atom stereocenters. The number of rotatable bonds is 6. The zero-order valence-corrected chi connectivity index (χ0v) is 16.8. The summed E-state index contributed by atoms with van der Waals surface area (Å²) >= 11 is 1.40. The molecule has 0 N–H and O–H groups in total. The molecule has 0 spiro atoms. The second-order valence-electron chi connectivity index (χ2n) is 6.71. The van der Waals surface area contributed by atoms with E-state index in [0.717, 1.165) is 28.1 Å². The van der Waals surface area contributed by atoms with Crippen molar-refractivity contribution < 1.29 is 9.47 Å². The van der Waals surface area contributed by atoms with Crippen LogP contribution in [0.2, 0.25) is 0 Å². The SMILES string of the molecule is O=c1/c(=C/c2ccc(OCCOc3ccccc3)cc2)sc2nc3ccccc3n12. The highest BCUT2D eigenvalue weighted by Gasteiger charge is 2.10. The average molecular weight is 414 g/mol. The molecule has 0 radical (unpaired) electrons. The lowest BCUT2D eigenvalue weighted by atomic mass is 10.2. The van der Waals surface area contributed by atoms with E-state index in [1.54, 1.807) is 4.40 Å². The highest BCUT2D eigenvalue weighted by Crippen LogP contribution is 2.16. The molecule has 0 saturated carbocycles. The Morgan fingerprint density at radius 1 is 0.833 bits per heavy atom. The third-order valence-corrected chi connectivity index (χ3v) is 5.66. The third kappa shape index (κ3) is 3.65. The van der Waals surface area contributed by atoms with Crippen LogP contribution < -0.4 is 19.6 Å². The van der Waals surface area contributed by atoms with Crippen LogP contribution in [-0.2, 0) is 0 Å². The topological polar surface area (TPSA) is 52.8 Å². The largest absolute Gasteiger partial charge is 0.490 e. The van der Waals surface area contributed by atoms with Gasteiger partial charge in [0, 0.05) is 0 Å². The maximum absolute atomic E-state index is 12.8. The van der Waals surface area contributed by atoms with E-state index in [1.165, 1.54) is 11.3 Å². The van der Waals surface area contributed by atoms with Gasteiger partial charge in [0.05, 0.1) is 15.6 Å². The number of fused-ring (bicyclic) bond motifs is 3. The summed E-state index contributed by atoms with van der Waals surface area (Å²) in [6.45, 7) is 0.929. The molecule has 2 heterocycles. The molecule has 148 valence electrons. The summed E-state index contributed by atoms with van der Waals surface area (Å²) in [5.41, 5.74) is 2.58. The molecule has 30 heavy (non-hydrogen) atoms. The van der Waals surface area contributed by atoms with Crippen LogP contribution in [0.4, 0.5) is 0 Å². The summed E-state index contributed by atoms with van der Waals surface area (Å²) < 4.78 is 13.7. The lowest BCUT2D eigenvalue weighted by Gasteiger charge is -2.08. The molecule has 5 rings (SSSR count). The predicted molar refractivity (Wildman–Crippen MR) is 120 cm³/mol. The number of imidazole rings is 1. The Bertz CT molecular complexity index is 1410. The van der Waals surface area contributed by atoms with Crippen molar-refractivity contribution >= 4 is 33.4 Å². The second-order valence-corrected chi connectivity index (χ2v) is 7.72. The normalized spacial score (nSPS) is 11.9. The molecule has 5 aromatic rings. The van der Waals surface area contributed by atoms with Gasteiger partial charge in [-0.15, -0.1) is 0 Å². The van der Waals surface area contributed by atoms with Crippen molar-refractivity contribution in [3.05, 3.63) is 99.3 Å². The van der Waals surface area contributed by atoms with Gasteiger partial charge >= 0.3 is 0 Å². The average Bonchev–Trinajstić information content (AvgIpc) is 3.29. The number of thiazole rings is 1. The van der Waals surface area contributed by atoms with Crippen LogP contribution in [0, 0.1) is 0 Å². The molecule has 2 aromatic heterocycles. The number of aromatic nitrogens is 2. The van der Waals surface area contributed by atoms with Crippen LogP contribution in [0.5, 0.6) is 11.5 Å². The summed E-state index contributed by atoms with van der Waals surface area (Å²) in [5, 5.41) is 0. The number of hydrogen-bond acceptors (Lipinski definition) is 5. The minimum Gasteiger partial charge on any atom is -0.490 e. The first-order chi connectivity index (χ1) is 14.8. The first kappa shape index (κ1) is 18.4. The van der Waals surface area contributed by atoms with E-state index in [-0.39, 0.29) is 5.56 Å². The molecule has 6 heteroatoms. The number of ether oxygens (including phenoxy) is 2. The van der Waals surface area contributed by atoms with Gasteiger partial charge in [0.15, 0.2) is 4.96 Å². The molecule has 0 bridgehead atoms. The molecule has 0 amide bonds. The van der Waals surface area contributed by atoms with Crippen molar-refractivity contribution in [1.82, 2.24) is 9.38 Å². The Morgan fingerprint density at radius 3 is 2.27 bits per heavy atom. The van der Waals surface area contributed by atoms with Crippen molar-refractivity contribution in [1.29, 1.82) is 0 Å². The number of para-hydroxylation sites is 3.